The third-order valence-electron chi connectivity index (χ3n) is 1.96. The molecule has 5 heteroatoms. The van der Waals surface area contributed by atoms with Crippen molar-refractivity contribution in [3.8, 4) is 0 Å². The number of carboxylic acid groups (broad SMARTS) is 1. The Bertz CT molecular complexity index is 196. The Labute approximate surface area is 81.0 Å². The lowest BCUT2D eigenvalue weighted by Crippen LogP contribution is -2.33. The molecule has 78 valence electrons. The van der Waals surface area contributed by atoms with E-state index in [0.29, 0.717) is 0 Å². The molecule has 0 aromatic heterocycles. The third kappa shape index (κ3) is 3.87. The molecule has 0 rings (SSSR count). The predicted octanol–water partition coefficient (Wildman–Crippen LogP) is 0.336. The molecular formula is C8H17NO3S. The molecule has 0 radical (unpaired) electrons. The van der Waals surface area contributed by atoms with Crippen LogP contribution in [0, 0.1) is 0 Å². The van der Waals surface area contributed by atoms with Crippen LogP contribution in [0.1, 0.15) is 26.7 Å². The quantitative estimate of drug-likeness (QED) is 0.658. The zero-order valence-corrected chi connectivity index (χ0v) is 8.84. The highest BCUT2D eigenvalue weighted by molar-refractivity contribution is 7.87. The topological polar surface area (TPSA) is 80.4 Å². The molecule has 0 aliphatic carbocycles. The molecule has 0 saturated heterocycles. The second-order valence-corrected chi connectivity index (χ2v) is 4.98. The largest absolute Gasteiger partial charge is 0.480 e. The molecule has 0 aliphatic heterocycles. The van der Waals surface area contributed by atoms with Crippen molar-refractivity contribution < 1.29 is 14.1 Å². The summed E-state index contributed by atoms with van der Waals surface area (Å²) in [5, 5.41) is 7.89. The second kappa shape index (κ2) is 6.10. The fourth-order valence-corrected chi connectivity index (χ4v) is 2.39. The van der Waals surface area contributed by atoms with Crippen LogP contribution in [0.3, 0.4) is 0 Å². The zero-order chi connectivity index (χ0) is 10.4. The smallest absolute Gasteiger partial charge is 0.319 e. The summed E-state index contributed by atoms with van der Waals surface area (Å²) in [6.07, 6.45) is 1.01. The minimum Gasteiger partial charge on any atom is -0.480 e. The third-order valence-corrected chi connectivity index (χ3v) is 4.08. The van der Waals surface area contributed by atoms with E-state index in [-0.39, 0.29) is 18.2 Å². The summed E-state index contributed by atoms with van der Waals surface area (Å²) in [4.78, 5) is 10.7. The fraction of sp³-hybridized carbons (Fsp3) is 0.875. The highest BCUT2D eigenvalue weighted by atomic mass is 32.2. The van der Waals surface area contributed by atoms with Gasteiger partial charge in [0.05, 0.1) is 0 Å². The van der Waals surface area contributed by atoms with Crippen LogP contribution in [0.25, 0.3) is 0 Å². The van der Waals surface area contributed by atoms with Gasteiger partial charge in [0.15, 0.2) is 0 Å². The van der Waals surface area contributed by atoms with Gasteiger partial charge in [0.25, 0.3) is 0 Å². The standard InChI is InChI=1S/C8H17NO3S/c1-3-6(2)13(12)7(4-5-9)8(10)11/h6-7H,3-5,9H2,1-2H3,(H,10,11). The lowest BCUT2D eigenvalue weighted by Gasteiger charge is -2.15. The predicted molar refractivity (Wildman–Crippen MR) is 53.0 cm³/mol. The SMILES string of the molecule is CCC(C)S(=O)C(CCN)C(=O)O. The summed E-state index contributed by atoms with van der Waals surface area (Å²) in [5.74, 6) is -1.01. The molecule has 4 nitrogen and oxygen atoms in total. The lowest BCUT2D eigenvalue weighted by molar-refractivity contribution is -0.136. The van der Waals surface area contributed by atoms with Crippen LogP contribution in [0.5, 0.6) is 0 Å². The van der Waals surface area contributed by atoms with Gasteiger partial charge in [-0.05, 0) is 19.4 Å². The van der Waals surface area contributed by atoms with Gasteiger partial charge in [0.2, 0.25) is 0 Å². The van der Waals surface area contributed by atoms with Crippen molar-refractivity contribution >= 4 is 16.8 Å². The lowest BCUT2D eigenvalue weighted by atomic mass is 10.3. The minimum absolute atomic E-state index is 0.0763. The van der Waals surface area contributed by atoms with Gasteiger partial charge in [-0.2, -0.15) is 0 Å². The first-order chi connectivity index (χ1) is 6.04. The fourth-order valence-electron chi connectivity index (χ4n) is 0.935. The van der Waals surface area contributed by atoms with Gasteiger partial charge in [0.1, 0.15) is 5.25 Å². The first kappa shape index (κ1) is 12.6. The second-order valence-electron chi connectivity index (χ2n) is 2.95. The maximum atomic E-state index is 11.6. The number of carboxylic acids is 1. The van der Waals surface area contributed by atoms with Crippen molar-refractivity contribution in [2.24, 2.45) is 5.73 Å². The van der Waals surface area contributed by atoms with E-state index in [1.165, 1.54) is 0 Å². The number of aliphatic carboxylic acids is 1. The Morgan fingerprint density at radius 3 is 2.46 bits per heavy atom. The van der Waals surface area contributed by atoms with E-state index < -0.39 is 22.0 Å². The van der Waals surface area contributed by atoms with Crippen molar-refractivity contribution in [2.75, 3.05) is 6.54 Å². The van der Waals surface area contributed by atoms with E-state index in [4.69, 9.17) is 10.8 Å². The van der Waals surface area contributed by atoms with Gasteiger partial charge in [-0.1, -0.05) is 13.8 Å². The van der Waals surface area contributed by atoms with Gasteiger partial charge in [-0.3, -0.25) is 9.00 Å². The van der Waals surface area contributed by atoms with Crippen molar-refractivity contribution in [2.45, 2.75) is 37.2 Å². The van der Waals surface area contributed by atoms with Crippen LogP contribution >= 0.6 is 0 Å². The average molecular weight is 207 g/mol. The maximum absolute atomic E-state index is 11.6. The highest BCUT2D eigenvalue weighted by Gasteiger charge is 2.26. The molecule has 0 saturated carbocycles. The van der Waals surface area contributed by atoms with Crippen molar-refractivity contribution in [3.63, 3.8) is 0 Å². The van der Waals surface area contributed by atoms with Crippen LogP contribution in [0.4, 0.5) is 0 Å². The molecule has 3 N–H and O–H groups in total. The van der Waals surface area contributed by atoms with E-state index in [9.17, 15) is 9.00 Å². The molecular weight excluding hydrogens is 190 g/mol. The van der Waals surface area contributed by atoms with Gasteiger partial charge >= 0.3 is 5.97 Å². The monoisotopic (exact) mass is 207 g/mol. The highest BCUT2D eigenvalue weighted by Crippen LogP contribution is 2.10. The summed E-state index contributed by atoms with van der Waals surface area (Å²) in [7, 11) is -1.31. The van der Waals surface area contributed by atoms with Crippen LogP contribution in [0.15, 0.2) is 0 Å². The minimum atomic E-state index is -1.31. The summed E-state index contributed by atoms with van der Waals surface area (Å²) < 4.78 is 11.6. The number of hydrogen-bond acceptors (Lipinski definition) is 3. The Kier molecular flexibility index (Phi) is 5.90. The number of nitrogens with two attached hydrogens (primary N) is 1. The first-order valence-corrected chi connectivity index (χ1v) is 5.64. The molecule has 0 bridgehead atoms. The average Bonchev–Trinajstić information content (AvgIpc) is 2.11. The molecule has 0 aliphatic rings. The molecule has 0 heterocycles. The Hall–Kier alpha value is -0.420. The van der Waals surface area contributed by atoms with Crippen LogP contribution in [-0.4, -0.2) is 32.3 Å². The molecule has 0 aromatic carbocycles. The molecule has 0 spiro atoms. The molecule has 3 atom stereocenters. The molecule has 0 amide bonds. The molecule has 0 fully saturated rings. The molecule has 13 heavy (non-hydrogen) atoms. The normalized spacial score (nSPS) is 17.8. The van der Waals surface area contributed by atoms with Crippen LogP contribution < -0.4 is 5.73 Å². The molecule has 3 unspecified atom stereocenters. The Morgan fingerprint density at radius 1 is 1.62 bits per heavy atom. The van der Waals surface area contributed by atoms with Gasteiger partial charge in [-0.25, -0.2) is 0 Å². The van der Waals surface area contributed by atoms with E-state index in [2.05, 4.69) is 0 Å². The van der Waals surface area contributed by atoms with Crippen LogP contribution in [0.2, 0.25) is 0 Å². The van der Waals surface area contributed by atoms with Crippen molar-refractivity contribution in [1.82, 2.24) is 0 Å². The molecule has 0 aromatic rings. The number of rotatable bonds is 6. The summed E-state index contributed by atoms with van der Waals surface area (Å²) in [5.41, 5.74) is 5.25. The van der Waals surface area contributed by atoms with Gasteiger partial charge in [-0.15, -0.1) is 0 Å². The summed E-state index contributed by atoms with van der Waals surface area (Å²) in [6, 6.07) is 0. The summed E-state index contributed by atoms with van der Waals surface area (Å²) in [6.45, 7) is 3.95. The van der Waals surface area contributed by atoms with Gasteiger partial charge < -0.3 is 10.8 Å². The number of hydrogen-bond donors (Lipinski definition) is 2. The maximum Gasteiger partial charge on any atom is 0.319 e. The van der Waals surface area contributed by atoms with Crippen LogP contribution in [-0.2, 0) is 15.6 Å². The van der Waals surface area contributed by atoms with Gasteiger partial charge in [0, 0.05) is 16.0 Å². The number of carbonyl (C=O) groups is 1. The Morgan fingerprint density at radius 2 is 2.15 bits per heavy atom. The van der Waals surface area contributed by atoms with E-state index in [1.807, 2.05) is 6.92 Å². The van der Waals surface area contributed by atoms with Crippen molar-refractivity contribution in [1.29, 1.82) is 0 Å². The van der Waals surface area contributed by atoms with Crippen molar-refractivity contribution in [3.05, 3.63) is 0 Å². The first-order valence-electron chi connectivity index (χ1n) is 4.36. The zero-order valence-electron chi connectivity index (χ0n) is 8.03. The summed E-state index contributed by atoms with van der Waals surface area (Å²) >= 11 is 0. The van der Waals surface area contributed by atoms with E-state index in [1.54, 1.807) is 6.92 Å². The van der Waals surface area contributed by atoms with E-state index in [0.717, 1.165) is 6.42 Å². The Balaban J connectivity index is 4.36. The van der Waals surface area contributed by atoms with E-state index >= 15 is 0 Å².